The molecule has 1 saturated carbocycles. The lowest BCUT2D eigenvalue weighted by molar-refractivity contribution is -0.139. The quantitative estimate of drug-likeness (QED) is 0.465. The number of amides is 4. The van der Waals surface area contributed by atoms with Crippen LogP contribution in [0.5, 0.6) is 5.75 Å². The fourth-order valence-electron chi connectivity index (χ4n) is 6.38. The fourth-order valence-corrected chi connectivity index (χ4v) is 6.38. The highest BCUT2D eigenvalue weighted by Crippen LogP contribution is 2.22. The van der Waals surface area contributed by atoms with E-state index in [1.807, 2.05) is 24.3 Å². The van der Waals surface area contributed by atoms with Gasteiger partial charge in [-0.25, -0.2) is 4.39 Å². The van der Waals surface area contributed by atoms with Gasteiger partial charge in [-0.3, -0.25) is 19.2 Å². The molecule has 3 N–H and O–H groups in total. The Morgan fingerprint density at radius 1 is 0.932 bits per heavy atom. The molecule has 3 atom stereocenters. The molecule has 10 heteroatoms. The summed E-state index contributed by atoms with van der Waals surface area (Å²) in [7, 11) is 0. The molecule has 2 aromatic rings. The number of benzene rings is 2. The average Bonchev–Trinajstić information content (AvgIpc) is 3.69. The van der Waals surface area contributed by atoms with Crippen LogP contribution in [-0.2, 0) is 32.0 Å². The third kappa shape index (κ3) is 8.57. The first-order valence-corrected chi connectivity index (χ1v) is 16.0. The number of rotatable bonds is 6. The molecule has 44 heavy (non-hydrogen) atoms. The van der Waals surface area contributed by atoms with E-state index in [-0.39, 0.29) is 36.5 Å². The lowest BCUT2D eigenvalue weighted by Crippen LogP contribution is -2.57. The van der Waals surface area contributed by atoms with E-state index >= 15 is 0 Å². The number of halogens is 1. The van der Waals surface area contributed by atoms with Crippen molar-refractivity contribution in [1.29, 1.82) is 0 Å². The van der Waals surface area contributed by atoms with E-state index in [0.717, 1.165) is 36.8 Å². The van der Waals surface area contributed by atoms with Crippen molar-refractivity contribution >= 4 is 23.6 Å². The molecular formula is C34H43FN4O5. The fraction of sp³-hybridized carbons (Fsp3) is 0.529. The van der Waals surface area contributed by atoms with E-state index in [1.165, 1.54) is 12.1 Å². The van der Waals surface area contributed by atoms with Crippen LogP contribution in [0.1, 0.15) is 75.3 Å². The Balaban J connectivity index is 1.41. The Morgan fingerprint density at radius 2 is 1.70 bits per heavy atom. The summed E-state index contributed by atoms with van der Waals surface area (Å²) in [6.45, 7) is 0.909. The van der Waals surface area contributed by atoms with E-state index in [0.29, 0.717) is 57.4 Å². The van der Waals surface area contributed by atoms with Gasteiger partial charge in [-0.1, -0.05) is 37.1 Å². The van der Waals surface area contributed by atoms with Gasteiger partial charge in [0.25, 0.3) is 0 Å². The van der Waals surface area contributed by atoms with Gasteiger partial charge in [-0.15, -0.1) is 0 Å². The molecule has 2 aromatic carbocycles. The minimum absolute atomic E-state index is 0.0945. The largest absolute Gasteiger partial charge is 0.494 e. The molecule has 4 amide bonds. The van der Waals surface area contributed by atoms with Gasteiger partial charge in [0.1, 0.15) is 29.7 Å². The number of ether oxygens (including phenoxy) is 1. The summed E-state index contributed by atoms with van der Waals surface area (Å²) < 4.78 is 19.5. The summed E-state index contributed by atoms with van der Waals surface area (Å²) in [5.41, 5.74) is 1.67. The van der Waals surface area contributed by atoms with Crippen LogP contribution in [0.2, 0.25) is 0 Å². The van der Waals surface area contributed by atoms with Crippen molar-refractivity contribution in [2.45, 2.75) is 101 Å². The van der Waals surface area contributed by atoms with Crippen molar-refractivity contribution in [3.8, 4) is 5.75 Å². The Morgan fingerprint density at radius 3 is 2.45 bits per heavy atom. The number of likely N-dealkylation sites (tertiary alicyclic amines) is 1. The van der Waals surface area contributed by atoms with Crippen LogP contribution in [0.4, 0.5) is 4.39 Å². The number of fused-ring (bicyclic) bond motifs is 2. The first-order chi connectivity index (χ1) is 21.4. The third-order valence-corrected chi connectivity index (χ3v) is 8.87. The molecule has 5 rings (SSSR count). The topological polar surface area (TPSA) is 117 Å². The second-order valence-electron chi connectivity index (χ2n) is 12.2. The van der Waals surface area contributed by atoms with E-state index in [1.54, 1.807) is 17.0 Å². The smallest absolute Gasteiger partial charge is 0.243 e. The zero-order valence-electron chi connectivity index (χ0n) is 25.2. The monoisotopic (exact) mass is 606 g/mol. The van der Waals surface area contributed by atoms with E-state index < -0.39 is 29.9 Å². The first-order valence-electron chi connectivity index (χ1n) is 16.0. The van der Waals surface area contributed by atoms with Crippen molar-refractivity contribution in [2.75, 3.05) is 13.2 Å². The van der Waals surface area contributed by atoms with Gasteiger partial charge in [0, 0.05) is 25.4 Å². The van der Waals surface area contributed by atoms with Crippen molar-refractivity contribution in [3.05, 3.63) is 65.5 Å². The summed E-state index contributed by atoms with van der Waals surface area (Å²) in [4.78, 5) is 55.6. The predicted octanol–water partition coefficient (Wildman–Crippen LogP) is 3.58. The summed E-state index contributed by atoms with van der Waals surface area (Å²) in [5, 5.41) is 8.99. The number of aryl methyl sites for hydroxylation is 1. The summed E-state index contributed by atoms with van der Waals surface area (Å²) in [5.74, 6) is -0.864. The van der Waals surface area contributed by atoms with Crippen molar-refractivity contribution in [1.82, 2.24) is 20.9 Å². The van der Waals surface area contributed by atoms with Gasteiger partial charge in [0.2, 0.25) is 23.6 Å². The highest BCUT2D eigenvalue weighted by molar-refractivity contribution is 5.94. The number of hydrogen-bond donors (Lipinski definition) is 3. The van der Waals surface area contributed by atoms with Gasteiger partial charge in [0.15, 0.2) is 0 Å². The van der Waals surface area contributed by atoms with Gasteiger partial charge in [-0.2, -0.15) is 0 Å². The average molecular weight is 607 g/mol. The number of nitrogens with zero attached hydrogens (tertiary/aromatic N) is 1. The standard InChI is InChI=1S/C34H43FN4O5/c35-25-16-13-23(14-17-25)15-18-29-33(42)37-28(32(41)36-26-8-1-2-9-26)11-3-4-20-44-27-10-5-7-24(21-27)22-30(34(43)38-29)39-19-6-12-31(39)40/h5,7,10,13-14,16-17,21,26,28-30H,1-4,6,8-9,11-12,15,18-20,22H2,(H,36,41)(H,37,42)(H,38,43)/t28-,29-,30-/m0/s1. The van der Waals surface area contributed by atoms with Gasteiger partial charge in [-0.05, 0) is 86.8 Å². The minimum Gasteiger partial charge on any atom is -0.494 e. The molecule has 0 aromatic heterocycles. The third-order valence-electron chi connectivity index (χ3n) is 8.87. The summed E-state index contributed by atoms with van der Waals surface area (Å²) >= 11 is 0. The molecule has 0 spiro atoms. The van der Waals surface area contributed by atoms with Crippen LogP contribution in [0.3, 0.4) is 0 Å². The zero-order chi connectivity index (χ0) is 30.9. The second kappa shape index (κ2) is 15.2. The first kappa shape index (κ1) is 31.5. The molecule has 1 aliphatic carbocycles. The zero-order valence-corrected chi connectivity index (χ0v) is 25.2. The van der Waals surface area contributed by atoms with Gasteiger partial charge < -0.3 is 25.6 Å². The SMILES string of the molecule is O=C(NC1CCCC1)[C@@H]1CCCCOc2cccc(c2)C[C@H](N2CCCC2=O)C(=O)N[C@@H](CCc2ccc(F)cc2)C(=O)N1. The molecule has 3 aliphatic rings. The Kier molecular flexibility index (Phi) is 10.9. The van der Waals surface area contributed by atoms with Gasteiger partial charge in [0.05, 0.1) is 6.61 Å². The van der Waals surface area contributed by atoms with Crippen LogP contribution in [0.15, 0.2) is 48.5 Å². The van der Waals surface area contributed by atoms with Crippen LogP contribution in [0, 0.1) is 5.82 Å². The molecule has 1 saturated heterocycles. The normalized spacial score (nSPS) is 24.0. The molecule has 9 nitrogen and oxygen atoms in total. The van der Waals surface area contributed by atoms with Crippen molar-refractivity contribution in [3.63, 3.8) is 0 Å². The van der Waals surface area contributed by atoms with Crippen molar-refractivity contribution < 1.29 is 28.3 Å². The molecule has 2 heterocycles. The number of nitrogens with one attached hydrogen (secondary N) is 3. The van der Waals surface area contributed by atoms with Gasteiger partial charge >= 0.3 is 0 Å². The lowest BCUT2D eigenvalue weighted by atomic mass is 10.0. The summed E-state index contributed by atoms with van der Waals surface area (Å²) in [6.07, 6.45) is 7.73. The molecule has 0 unspecified atom stereocenters. The Bertz CT molecular complexity index is 1310. The van der Waals surface area contributed by atoms with Crippen LogP contribution in [0.25, 0.3) is 0 Å². The van der Waals surface area contributed by atoms with Crippen LogP contribution in [-0.4, -0.2) is 65.8 Å². The molecule has 236 valence electrons. The number of carbonyl (C=O) groups excluding carboxylic acids is 4. The van der Waals surface area contributed by atoms with E-state index in [2.05, 4.69) is 16.0 Å². The maximum Gasteiger partial charge on any atom is 0.243 e. The molecule has 2 bridgehead atoms. The molecule has 0 radical (unpaired) electrons. The highest BCUT2D eigenvalue weighted by Gasteiger charge is 2.36. The second-order valence-corrected chi connectivity index (χ2v) is 12.2. The number of carbonyl (C=O) groups is 4. The molecular weight excluding hydrogens is 563 g/mol. The molecule has 2 aliphatic heterocycles. The maximum absolute atomic E-state index is 13.9. The maximum atomic E-state index is 13.9. The Labute approximate surface area is 258 Å². The van der Waals surface area contributed by atoms with Crippen LogP contribution >= 0.6 is 0 Å². The predicted molar refractivity (Wildman–Crippen MR) is 163 cm³/mol. The van der Waals surface area contributed by atoms with E-state index in [9.17, 15) is 23.6 Å². The van der Waals surface area contributed by atoms with Crippen LogP contribution < -0.4 is 20.7 Å². The van der Waals surface area contributed by atoms with Crippen molar-refractivity contribution in [2.24, 2.45) is 0 Å². The minimum atomic E-state index is -0.961. The Hall–Kier alpha value is -3.95. The van der Waals surface area contributed by atoms with E-state index in [4.69, 9.17) is 4.74 Å². The number of hydrogen-bond acceptors (Lipinski definition) is 5. The lowest BCUT2D eigenvalue weighted by Gasteiger charge is -2.30. The summed E-state index contributed by atoms with van der Waals surface area (Å²) in [6, 6.07) is 11.1. The molecule has 2 fully saturated rings. The highest BCUT2D eigenvalue weighted by atomic mass is 19.1.